The van der Waals surface area contributed by atoms with Gasteiger partial charge >= 0.3 is 0 Å². The Labute approximate surface area is 124 Å². The van der Waals surface area contributed by atoms with Crippen molar-refractivity contribution in [2.45, 2.75) is 33.6 Å². The van der Waals surface area contributed by atoms with E-state index >= 15 is 0 Å². The number of aryl methyl sites for hydroxylation is 2. The average Bonchev–Trinajstić information content (AvgIpc) is 2.64. The van der Waals surface area contributed by atoms with E-state index in [9.17, 15) is 14.4 Å². The van der Waals surface area contributed by atoms with Crippen molar-refractivity contribution in [1.82, 2.24) is 5.32 Å². The molecule has 0 saturated carbocycles. The van der Waals surface area contributed by atoms with Crippen LogP contribution in [0, 0.1) is 13.8 Å². The highest BCUT2D eigenvalue weighted by molar-refractivity contribution is 6.53. The van der Waals surface area contributed by atoms with Gasteiger partial charge in [0.05, 0.1) is 11.3 Å². The van der Waals surface area contributed by atoms with Crippen molar-refractivity contribution in [2.75, 3.05) is 18.0 Å². The third-order valence-corrected chi connectivity index (χ3v) is 3.57. The molecule has 21 heavy (non-hydrogen) atoms. The fourth-order valence-corrected chi connectivity index (χ4v) is 2.55. The van der Waals surface area contributed by atoms with Gasteiger partial charge in [-0.3, -0.25) is 19.3 Å². The maximum atomic E-state index is 12.1. The van der Waals surface area contributed by atoms with E-state index in [0.29, 0.717) is 17.8 Å². The lowest BCUT2D eigenvalue weighted by molar-refractivity contribution is -0.122. The summed E-state index contributed by atoms with van der Waals surface area (Å²) in [6, 6.07) is 3.65. The molecule has 1 aliphatic heterocycles. The van der Waals surface area contributed by atoms with Crippen LogP contribution in [0.1, 0.15) is 41.3 Å². The number of carbonyl (C=O) groups is 3. The van der Waals surface area contributed by atoms with Crippen LogP contribution in [0.2, 0.25) is 0 Å². The van der Waals surface area contributed by atoms with Gasteiger partial charge in [0.25, 0.3) is 11.7 Å². The molecular formula is C16H20N2O3. The summed E-state index contributed by atoms with van der Waals surface area (Å²) in [6.07, 6.45) is 1.88. The molecule has 0 aliphatic carbocycles. The monoisotopic (exact) mass is 288 g/mol. The average molecular weight is 288 g/mol. The molecule has 0 aromatic heterocycles. The molecule has 2 rings (SSSR count). The summed E-state index contributed by atoms with van der Waals surface area (Å²) >= 11 is 0. The Morgan fingerprint density at radius 1 is 1.24 bits per heavy atom. The van der Waals surface area contributed by atoms with Gasteiger partial charge in [0, 0.05) is 6.54 Å². The number of nitrogens with one attached hydrogen (secondary N) is 1. The Morgan fingerprint density at radius 2 is 1.95 bits per heavy atom. The Hall–Kier alpha value is -2.17. The van der Waals surface area contributed by atoms with Gasteiger partial charge < -0.3 is 5.32 Å². The summed E-state index contributed by atoms with van der Waals surface area (Å²) in [5, 5.41) is 2.76. The van der Waals surface area contributed by atoms with Crippen LogP contribution in [0.4, 0.5) is 5.69 Å². The molecule has 1 aliphatic rings. The number of hydrogen-bond donors (Lipinski definition) is 1. The van der Waals surface area contributed by atoms with Crippen molar-refractivity contribution in [3.8, 4) is 0 Å². The third kappa shape index (κ3) is 2.96. The lowest BCUT2D eigenvalue weighted by Crippen LogP contribution is -2.40. The van der Waals surface area contributed by atoms with Crippen molar-refractivity contribution in [1.29, 1.82) is 0 Å². The molecule has 1 heterocycles. The molecule has 0 bridgehead atoms. The number of nitrogens with zero attached hydrogens (tertiary/aromatic N) is 1. The van der Waals surface area contributed by atoms with Crippen LogP contribution in [0.3, 0.4) is 0 Å². The molecule has 0 unspecified atom stereocenters. The number of unbranched alkanes of at least 4 members (excludes halogenated alkanes) is 1. The van der Waals surface area contributed by atoms with Gasteiger partial charge in [-0.1, -0.05) is 19.4 Å². The first kappa shape index (κ1) is 15.2. The first-order chi connectivity index (χ1) is 9.95. The molecule has 0 atom stereocenters. The van der Waals surface area contributed by atoms with Crippen LogP contribution >= 0.6 is 0 Å². The lowest BCUT2D eigenvalue weighted by Gasteiger charge is -2.17. The second-order valence-electron chi connectivity index (χ2n) is 5.40. The van der Waals surface area contributed by atoms with Gasteiger partial charge in [-0.25, -0.2) is 0 Å². The third-order valence-electron chi connectivity index (χ3n) is 3.57. The highest BCUT2D eigenvalue weighted by Crippen LogP contribution is 2.32. The molecule has 2 amide bonds. The van der Waals surface area contributed by atoms with Gasteiger partial charge in [-0.05, 0) is 37.5 Å². The van der Waals surface area contributed by atoms with Crippen molar-refractivity contribution in [3.63, 3.8) is 0 Å². The summed E-state index contributed by atoms with van der Waals surface area (Å²) in [5.41, 5.74) is 2.71. The van der Waals surface area contributed by atoms with Crippen molar-refractivity contribution < 1.29 is 14.4 Å². The number of benzene rings is 1. The Kier molecular flexibility index (Phi) is 4.40. The second-order valence-corrected chi connectivity index (χ2v) is 5.40. The van der Waals surface area contributed by atoms with Crippen LogP contribution in [0.25, 0.3) is 0 Å². The van der Waals surface area contributed by atoms with E-state index in [0.717, 1.165) is 24.0 Å². The number of rotatable bonds is 5. The number of anilines is 1. The normalized spacial score (nSPS) is 13.6. The van der Waals surface area contributed by atoms with Crippen LogP contribution in [0.5, 0.6) is 0 Å². The molecule has 0 spiro atoms. The minimum Gasteiger partial charge on any atom is -0.355 e. The van der Waals surface area contributed by atoms with E-state index in [4.69, 9.17) is 0 Å². The molecule has 1 N–H and O–H groups in total. The van der Waals surface area contributed by atoms with E-state index in [2.05, 4.69) is 5.32 Å². The van der Waals surface area contributed by atoms with E-state index in [1.165, 1.54) is 4.90 Å². The fraction of sp³-hybridized carbons (Fsp3) is 0.438. The summed E-state index contributed by atoms with van der Waals surface area (Å²) < 4.78 is 0. The summed E-state index contributed by atoms with van der Waals surface area (Å²) in [7, 11) is 0. The number of carbonyl (C=O) groups excluding carboxylic acids is 3. The van der Waals surface area contributed by atoms with E-state index < -0.39 is 11.7 Å². The SMILES string of the molecule is CCCCNC(=O)CN1C(=O)C(=O)c2c(C)cc(C)cc21. The highest BCUT2D eigenvalue weighted by Gasteiger charge is 2.37. The van der Waals surface area contributed by atoms with Gasteiger partial charge in [-0.2, -0.15) is 0 Å². The molecule has 112 valence electrons. The van der Waals surface area contributed by atoms with Gasteiger partial charge in [0.15, 0.2) is 0 Å². The maximum Gasteiger partial charge on any atom is 0.299 e. The number of amides is 2. The number of hydrogen-bond acceptors (Lipinski definition) is 3. The molecule has 0 radical (unpaired) electrons. The minimum atomic E-state index is -0.621. The zero-order valence-electron chi connectivity index (χ0n) is 12.7. The van der Waals surface area contributed by atoms with Crippen LogP contribution in [0.15, 0.2) is 12.1 Å². The van der Waals surface area contributed by atoms with E-state index in [-0.39, 0.29) is 12.5 Å². The number of ketones is 1. The Balaban J connectivity index is 2.21. The molecular weight excluding hydrogens is 268 g/mol. The standard InChI is InChI=1S/C16H20N2O3/c1-4-5-6-17-13(19)9-18-12-8-10(2)7-11(3)14(12)15(20)16(18)21/h7-8H,4-6,9H2,1-3H3,(H,17,19). The predicted molar refractivity (Wildman–Crippen MR) is 80.5 cm³/mol. The summed E-state index contributed by atoms with van der Waals surface area (Å²) in [4.78, 5) is 37.3. The second kappa shape index (κ2) is 6.08. The van der Waals surface area contributed by atoms with Crippen molar-refractivity contribution >= 4 is 23.3 Å². The predicted octanol–water partition coefficient (Wildman–Crippen LogP) is 1.75. The van der Waals surface area contributed by atoms with Crippen molar-refractivity contribution in [3.05, 3.63) is 28.8 Å². The topological polar surface area (TPSA) is 66.5 Å². The van der Waals surface area contributed by atoms with Crippen molar-refractivity contribution in [2.24, 2.45) is 0 Å². The van der Waals surface area contributed by atoms with E-state index in [1.807, 2.05) is 26.8 Å². The molecule has 0 saturated heterocycles. The molecule has 5 heteroatoms. The number of fused-ring (bicyclic) bond motifs is 1. The molecule has 1 aromatic carbocycles. The maximum absolute atomic E-state index is 12.1. The van der Waals surface area contributed by atoms with Gasteiger partial charge in [-0.15, -0.1) is 0 Å². The quantitative estimate of drug-likeness (QED) is 0.663. The first-order valence-electron chi connectivity index (χ1n) is 7.19. The largest absolute Gasteiger partial charge is 0.355 e. The molecule has 5 nitrogen and oxygen atoms in total. The Morgan fingerprint density at radius 3 is 2.62 bits per heavy atom. The van der Waals surface area contributed by atoms with Crippen LogP contribution in [-0.2, 0) is 9.59 Å². The minimum absolute atomic E-state index is 0.107. The molecule has 0 fully saturated rings. The lowest BCUT2D eigenvalue weighted by atomic mass is 10.0. The summed E-state index contributed by atoms with van der Waals surface area (Å²) in [5.74, 6) is -1.38. The van der Waals surface area contributed by atoms with Gasteiger partial charge in [0.1, 0.15) is 6.54 Å². The molecule has 1 aromatic rings. The zero-order valence-corrected chi connectivity index (χ0v) is 12.7. The van der Waals surface area contributed by atoms with E-state index in [1.54, 1.807) is 6.07 Å². The smallest absolute Gasteiger partial charge is 0.299 e. The number of Topliss-reactive ketones (excluding diaryl/α,β-unsaturated/α-hetero) is 1. The Bertz CT molecular complexity index is 608. The summed E-state index contributed by atoms with van der Waals surface area (Å²) in [6.45, 7) is 6.23. The fourth-order valence-electron chi connectivity index (χ4n) is 2.55. The van der Waals surface area contributed by atoms with Crippen LogP contribution < -0.4 is 10.2 Å². The van der Waals surface area contributed by atoms with Crippen LogP contribution in [-0.4, -0.2) is 30.7 Å². The zero-order chi connectivity index (χ0) is 15.6. The first-order valence-corrected chi connectivity index (χ1v) is 7.19. The highest BCUT2D eigenvalue weighted by atomic mass is 16.2. The van der Waals surface area contributed by atoms with Gasteiger partial charge in [0.2, 0.25) is 5.91 Å².